The van der Waals surface area contributed by atoms with E-state index in [1.807, 2.05) is 0 Å². The summed E-state index contributed by atoms with van der Waals surface area (Å²) < 4.78 is 38.3. The van der Waals surface area contributed by atoms with Crippen molar-refractivity contribution in [3.05, 3.63) is 29.6 Å². The van der Waals surface area contributed by atoms with Crippen molar-refractivity contribution in [2.75, 3.05) is 11.1 Å². The Balaban J connectivity index is 1.97. The van der Waals surface area contributed by atoms with Crippen LogP contribution >= 0.6 is 0 Å². The van der Waals surface area contributed by atoms with Gasteiger partial charge in [-0.3, -0.25) is 10.2 Å². The van der Waals surface area contributed by atoms with Crippen molar-refractivity contribution in [1.29, 1.82) is 5.41 Å². The Morgan fingerprint density at radius 3 is 2.52 bits per heavy atom. The number of halogens is 1. The Morgan fingerprint density at radius 2 is 1.96 bits per heavy atom. The van der Waals surface area contributed by atoms with Crippen LogP contribution in [0.5, 0.6) is 0 Å². The molecule has 1 saturated heterocycles. The summed E-state index contributed by atoms with van der Waals surface area (Å²) in [6.45, 7) is 4.47. The van der Waals surface area contributed by atoms with Crippen molar-refractivity contribution in [1.82, 2.24) is 5.32 Å². The maximum Gasteiger partial charge on any atom is 0.227 e. The molecule has 3 N–H and O–H groups in total. The van der Waals surface area contributed by atoms with Crippen LogP contribution in [0.25, 0.3) is 0 Å². The molecule has 0 unspecified atom stereocenters. The van der Waals surface area contributed by atoms with Crippen LogP contribution in [-0.4, -0.2) is 30.7 Å². The lowest BCUT2D eigenvalue weighted by Crippen LogP contribution is -2.64. The average Bonchev–Trinajstić information content (AvgIpc) is 3.31. The molecular weight excluding hydrogens is 345 g/mol. The normalized spacial score (nSPS) is 27.4. The van der Waals surface area contributed by atoms with E-state index < -0.39 is 25.9 Å². The van der Waals surface area contributed by atoms with E-state index in [1.54, 1.807) is 6.92 Å². The fourth-order valence-electron chi connectivity index (χ4n) is 2.94. The predicted molar refractivity (Wildman–Crippen MR) is 93.8 cm³/mol. The molecule has 1 aromatic rings. The van der Waals surface area contributed by atoms with Gasteiger partial charge in [-0.1, -0.05) is 0 Å². The van der Waals surface area contributed by atoms with Gasteiger partial charge in [0.2, 0.25) is 5.91 Å². The molecule has 1 aromatic carbocycles. The van der Waals surface area contributed by atoms with Crippen molar-refractivity contribution < 1.29 is 17.6 Å². The molecule has 1 aliphatic carbocycles. The predicted octanol–water partition coefficient (Wildman–Crippen LogP) is 2.16. The molecule has 1 saturated carbocycles. The van der Waals surface area contributed by atoms with Crippen LogP contribution in [-0.2, 0) is 20.2 Å². The lowest BCUT2D eigenvalue weighted by molar-refractivity contribution is -0.117. The van der Waals surface area contributed by atoms with Gasteiger partial charge >= 0.3 is 0 Å². The molecule has 1 aliphatic heterocycles. The first kappa shape index (κ1) is 17.8. The number of nitrogens with one attached hydrogen (secondary N) is 3. The summed E-state index contributed by atoms with van der Waals surface area (Å²) in [5, 5.41) is 13.7. The first-order valence-electron chi connectivity index (χ1n) is 8.17. The van der Waals surface area contributed by atoms with Gasteiger partial charge in [0.25, 0.3) is 0 Å². The Bertz CT molecular complexity index is 862. The van der Waals surface area contributed by atoms with E-state index in [1.165, 1.54) is 32.0 Å². The Labute approximate surface area is 146 Å². The van der Waals surface area contributed by atoms with E-state index in [4.69, 9.17) is 5.41 Å². The van der Waals surface area contributed by atoms with Crippen LogP contribution in [0, 0.1) is 17.1 Å². The lowest BCUT2D eigenvalue weighted by atomic mass is 9.91. The topological polar surface area (TPSA) is 99.1 Å². The van der Waals surface area contributed by atoms with Gasteiger partial charge in [0.1, 0.15) is 16.4 Å². The summed E-state index contributed by atoms with van der Waals surface area (Å²) in [5.74, 6) is -1.20. The third-order valence-electron chi connectivity index (χ3n) is 5.04. The van der Waals surface area contributed by atoms with Gasteiger partial charge in [0.05, 0.1) is 11.3 Å². The number of amidine groups is 1. The second kappa shape index (κ2) is 5.52. The first-order valence-corrected chi connectivity index (χ1v) is 9.82. The number of benzene rings is 1. The third-order valence-corrected chi connectivity index (χ3v) is 7.75. The Morgan fingerprint density at radius 1 is 1.32 bits per heavy atom. The molecule has 136 valence electrons. The van der Waals surface area contributed by atoms with Gasteiger partial charge in [0.15, 0.2) is 9.84 Å². The van der Waals surface area contributed by atoms with Crippen molar-refractivity contribution in [2.45, 2.75) is 43.9 Å². The summed E-state index contributed by atoms with van der Waals surface area (Å²) in [5.41, 5.74) is -0.745. The molecule has 0 aromatic heterocycles. The molecule has 25 heavy (non-hydrogen) atoms. The number of sulfone groups is 1. The van der Waals surface area contributed by atoms with Gasteiger partial charge in [-0.15, -0.1) is 0 Å². The zero-order valence-corrected chi connectivity index (χ0v) is 15.3. The largest absolute Gasteiger partial charge is 0.362 e. The highest BCUT2D eigenvalue weighted by Gasteiger charge is 2.51. The Hall–Kier alpha value is -1.96. The molecule has 0 bridgehead atoms. The van der Waals surface area contributed by atoms with Crippen LogP contribution < -0.4 is 10.6 Å². The second-order valence-electron chi connectivity index (χ2n) is 7.56. The molecule has 1 amide bonds. The number of carbonyl (C=O) groups is 1. The lowest BCUT2D eigenvalue weighted by Gasteiger charge is -2.43. The minimum Gasteiger partial charge on any atom is -0.362 e. The summed E-state index contributed by atoms with van der Waals surface area (Å²) >= 11 is 0. The number of amides is 1. The second-order valence-corrected chi connectivity index (χ2v) is 10.1. The van der Waals surface area contributed by atoms with Crippen molar-refractivity contribution in [3.63, 3.8) is 0 Å². The van der Waals surface area contributed by atoms with E-state index in [-0.39, 0.29) is 29.0 Å². The maximum absolute atomic E-state index is 14.5. The summed E-state index contributed by atoms with van der Waals surface area (Å²) in [4.78, 5) is 11.9. The van der Waals surface area contributed by atoms with Crippen LogP contribution in [0.4, 0.5) is 10.1 Å². The highest BCUT2D eigenvalue weighted by Crippen LogP contribution is 2.36. The standard InChI is InChI=1S/C17H22FN3O3S/c1-16(2)15(19)21-17(3,9-25(16,23)24)12-8-11(6-7-13(12)18)20-14(22)10-4-5-10/h6-8,10H,4-5,9H2,1-3H3,(H2,19,21)(H,20,22)/t17-/m0/s1. The quantitative estimate of drug-likeness (QED) is 0.762. The molecule has 0 spiro atoms. The smallest absolute Gasteiger partial charge is 0.227 e. The average molecular weight is 367 g/mol. The van der Waals surface area contributed by atoms with Crippen LogP contribution in [0.3, 0.4) is 0 Å². The molecule has 1 atom stereocenters. The summed E-state index contributed by atoms with van der Waals surface area (Å²) in [6, 6.07) is 4.11. The van der Waals surface area contributed by atoms with Crippen LogP contribution in [0.15, 0.2) is 18.2 Å². The minimum absolute atomic E-state index is 0.00579. The zero-order chi connectivity index (χ0) is 18.6. The molecule has 1 heterocycles. The number of rotatable bonds is 3. The zero-order valence-electron chi connectivity index (χ0n) is 14.4. The van der Waals surface area contributed by atoms with E-state index in [9.17, 15) is 17.6 Å². The van der Waals surface area contributed by atoms with E-state index in [0.29, 0.717) is 5.69 Å². The fourth-order valence-corrected chi connectivity index (χ4v) is 4.65. The van der Waals surface area contributed by atoms with E-state index in [0.717, 1.165) is 12.8 Å². The first-order chi connectivity index (χ1) is 11.5. The van der Waals surface area contributed by atoms with Crippen molar-refractivity contribution in [3.8, 4) is 0 Å². The Kier molecular flexibility index (Phi) is 3.94. The van der Waals surface area contributed by atoms with Crippen molar-refractivity contribution in [2.24, 2.45) is 5.92 Å². The highest BCUT2D eigenvalue weighted by atomic mass is 32.2. The molecular formula is C17H22FN3O3S. The molecule has 3 rings (SSSR count). The molecule has 2 fully saturated rings. The van der Waals surface area contributed by atoms with Crippen molar-refractivity contribution >= 4 is 27.3 Å². The number of carbonyl (C=O) groups excluding carboxylic acids is 1. The number of hydrogen-bond donors (Lipinski definition) is 3. The van der Waals surface area contributed by atoms with Crippen LogP contribution in [0.2, 0.25) is 0 Å². The molecule has 8 heteroatoms. The molecule has 2 aliphatic rings. The monoisotopic (exact) mass is 367 g/mol. The highest BCUT2D eigenvalue weighted by molar-refractivity contribution is 7.93. The maximum atomic E-state index is 14.5. The summed E-state index contributed by atoms with van der Waals surface area (Å²) in [6.07, 6.45) is 1.70. The van der Waals surface area contributed by atoms with E-state index in [2.05, 4.69) is 10.6 Å². The SMILES string of the molecule is CC1(C)C(=N)N[C@](C)(c2cc(NC(=O)C3CC3)ccc2F)CS1(=O)=O. The van der Waals surface area contributed by atoms with Crippen LogP contribution in [0.1, 0.15) is 39.2 Å². The van der Waals surface area contributed by atoms with Gasteiger partial charge in [-0.25, -0.2) is 12.8 Å². The van der Waals surface area contributed by atoms with Gasteiger partial charge < -0.3 is 10.6 Å². The van der Waals surface area contributed by atoms with Gasteiger partial charge in [-0.05, 0) is 51.8 Å². The molecule has 0 radical (unpaired) electrons. The minimum atomic E-state index is -3.66. The fraction of sp³-hybridized carbons (Fsp3) is 0.529. The third kappa shape index (κ3) is 3.03. The number of anilines is 1. The summed E-state index contributed by atoms with van der Waals surface area (Å²) in [7, 11) is -3.66. The van der Waals surface area contributed by atoms with Gasteiger partial charge in [0, 0.05) is 17.2 Å². The van der Waals surface area contributed by atoms with E-state index >= 15 is 0 Å². The molecule has 6 nitrogen and oxygen atoms in total. The number of hydrogen-bond acceptors (Lipinski definition) is 4. The van der Waals surface area contributed by atoms with Gasteiger partial charge in [-0.2, -0.15) is 0 Å².